The predicted octanol–water partition coefficient (Wildman–Crippen LogP) is 0.113. The Morgan fingerprint density at radius 1 is 1.50 bits per heavy atom. The zero-order valence-corrected chi connectivity index (χ0v) is 11.1. The molecule has 6 nitrogen and oxygen atoms in total. The highest BCUT2D eigenvalue weighted by Gasteiger charge is 2.63. The van der Waals surface area contributed by atoms with Crippen LogP contribution >= 0.6 is 11.6 Å². The fraction of sp³-hybridized carbons (Fsp3) is 0.818. The second kappa shape index (κ2) is 5.86. The number of carboxylic acid groups (broad SMARTS) is 1. The van der Waals surface area contributed by atoms with Crippen LogP contribution in [0.1, 0.15) is 26.7 Å². The van der Waals surface area contributed by atoms with Gasteiger partial charge in [0.05, 0.1) is 18.6 Å². The van der Waals surface area contributed by atoms with E-state index in [2.05, 4.69) is 5.32 Å². The molecule has 0 heterocycles. The first-order valence-corrected chi connectivity index (χ1v) is 6.18. The van der Waals surface area contributed by atoms with E-state index in [9.17, 15) is 14.7 Å². The van der Waals surface area contributed by atoms with Gasteiger partial charge in [-0.3, -0.25) is 9.59 Å². The van der Waals surface area contributed by atoms with Gasteiger partial charge < -0.3 is 20.3 Å². The summed E-state index contributed by atoms with van der Waals surface area (Å²) in [4.78, 5) is 20.4. The normalized spacial score (nSPS) is 34.8. The number of amides is 1. The van der Waals surface area contributed by atoms with Crippen molar-refractivity contribution in [1.29, 1.82) is 0 Å². The molecule has 1 rings (SSSR count). The van der Waals surface area contributed by atoms with Crippen molar-refractivity contribution in [3.8, 4) is 0 Å². The van der Waals surface area contributed by atoms with Gasteiger partial charge in [-0.15, -0.1) is 11.6 Å². The Balaban J connectivity index is 2.77. The Morgan fingerprint density at radius 2 is 2.11 bits per heavy atom. The van der Waals surface area contributed by atoms with Gasteiger partial charge in [0.1, 0.15) is 11.0 Å². The van der Waals surface area contributed by atoms with E-state index in [1.807, 2.05) is 6.92 Å². The van der Waals surface area contributed by atoms with Crippen molar-refractivity contribution in [2.75, 3.05) is 6.61 Å². The van der Waals surface area contributed by atoms with Gasteiger partial charge in [0.15, 0.2) is 0 Å². The van der Waals surface area contributed by atoms with Crippen LogP contribution in [0.4, 0.5) is 0 Å². The van der Waals surface area contributed by atoms with Crippen molar-refractivity contribution >= 4 is 23.5 Å². The highest BCUT2D eigenvalue weighted by molar-refractivity contribution is 6.27. The molecule has 1 aliphatic carbocycles. The molecule has 1 saturated carbocycles. The van der Waals surface area contributed by atoms with Crippen molar-refractivity contribution in [2.45, 2.75) is 49.8 Å². The SMILES string of the molecule is CCCO[C@H]1[C@H](NC(C)=O)[C@H](O)[C@]1(Cl)CC(=O)O. The van der Waals surface area contributed by atoms with Gasteiger partial charge in [0.2, 0.25) is 5.91 Å². The third kappa shape index (κ3) is 2.93. The smallest absolute Gasteiger partial charge is 0.305 e. The van der Waals surface area contributed by atoms with Crippen LogP contribution in [0.3, 0.4) is 0 Å². The van der Waals surface area contributed by atoms with Crippen molar-refractivity contribution in [3.63, 3.8) is 0 Å². The lowest BCUT2D eigenvalue weighted by molar-refractivity contribution is -0.162. The number of hydrogen-bond donors (Lipinski definition) is 3. The van der Waals surface area contributed by atoms with Crippen molar-refractivity contribution < 1.29 is 24.5 Å². The van der Waals surface area contributed by atoms with Crippen molar-refractivity contribution in [2.24, 2.45) is 0 Å². The largest absolute Gasteiger partial charge is 0.481 e. The molecule has 1 fully saturated rings. The maximum atomic E-state index is 11.0. The summed E-state index contributed by atoms with van der Waals surface area (Å²) in [5.74, 6) is -1.44. The van der Waals surface area contributed by atoms with Gasteiger partial charge in [-0.05, 0) is 6.42 Å². The minimum atomic E-state index is -1.38. The van der Waals surface area contributed by atoms with Crippen molar-refractivity contribution in [3.05, 3.63) is 0 Å². The molecule has 0 aromatic rings. The number of carbonyl (C=O) groups is 2. The molecule has 0 aromatic heterocycles. The highest BCUT2D eigenvalue weighted by Crippen LogP contribution is 2.44. The molecule has 4 atom stereocenters. The number of alkyl halides is 1. The van der Waals surface area contributed by atoms with Crippen LogP contribution in [0, 0.1) is 0 Å². The molecule has 1 aliphatic rings. The van der Waals surface area contributed by atoms with Gasteiger partial charge in [-0.25, -0.2) is 0 Å². The van der Waals surface area contributed by atoms with E-state index >= 15 is 0 Å². The molecule has 0 aromatic carbocycles. The van der Waals surface area contributed by atoms with Gasteiger partial charge in [-0.2, -0.15) is 0 Å². The fourth-order valence-electron chi connectivity index (χ4n) is 2.13. The van der Waals surface area contributed by atoms with Gasteiger partial charge in [-0.1, -0.05) is 6.92 Å². The molecule has 0 aliphatic heterocycles. The summed E-state index contributed by atoms with van der Waals surface area (Å²) < 4.78 is 5.46. The maximum absolute atomic E-state index is 11.0. The number of rotatable bonds is 6. The summed E-state index contributed by atoms with van der Waals surface area (Å²) in [6.45, 7) is 3.60. The molecule has 0 radical (unpaired) electrons. The summed E-state index contributed by atoms with van der Waals surface area (Å²) >= 11 is 6.13. The van der Waals surface area contributed by atoms with Crippen LogP contribution in [0.5, 0.6) is 0 Å². The van der Waals surface area contributed by atoms with Crippen LogP contribution in [-0.4, -0.2) is 51.8 Å². The molecule has 104 valence electrons. The average molecular weight is 280 g/mol. The van der Waals surface area contributed by atoms with Crippen LogP contribution in [0.2, 0.25) is 0 Å². The number of aliphatic hydroxyl groups is 1. The molecule has 3 N–H and O–H groups in total. The third-order valence-electron chi connectivity index (χ3n) is 2.92. The molecule has 0 unspecified atom stereocenters. The Labute approximate surface area is 110 Å². The Morgan fingerprint density at radius 3 is 2.56 bits per heavy atom. The maximum Gasteiger partial charge on any atom is 0.305 e. The zero-order chi connectivity index (χ0) is 13.9. The van der Waals surface area contributed by atoms with E-state index < -0.39 is 35.5 Å². The van der Waals surface area contributed by atoms with E-state index in [-0.39, 0.29) is 5.91 Å². The van der Waals surface area contributed by atoms with Crippen LogP contribution in [0.15, 0.2) is 0 Å². The second-order valence-electron chi connectivity index (χ2n) is 4.46. The fourth-order valence-corrected chi connectivity index (χ4v) is 2.57. The number of aliphatic hydroxyl groups excluding tert-OH is 1. The Kier molecular flexibility index (Phi) is 4.95. The summed E-state index contributed by atoms with van der Waals surface area (Å²) in [5.41, 5.74) is 0. The van der Waals surface area contributed by atoms with E-state index in [0.29, 0.717) is 6.61 Å². The molecular formula is C11H18ClNO5. The predicted molar refractivity (Wildman–Crippen MR) is 64.5 cm³/mol. The molecule has 0 saturated heterocycles. The number of ether oxygens (including phenoxy) is 1. The number of aliphatic carboxylic acids is 1. The van der Waals surface area contributed by atoms with E-state index in [1.165, 1.54) is 6.92 Å². The molecular weight excluding hydrogens is 262 g/mol. The Hall–Kier alpha value is -0.850. The summed E-state index contributed by atoms with van der Waals surface area (Å²) in [6, 6.07) is -0.661. The molecule has 0 bridgehead atoms. The van der Waals surface area contributed by atoms with Crippen molar-refractivity contribution in [1.82, 2.24) is 5.32 Å². The lowest BCUT2D eigenvalue weighted by Gasteiger charge is -2.54. The molecule has 1 amide bonds. The van der Waals surface area contributed by atoms with Gasteiger partial charge in [0.25, 0.3) is 0 Å². The minimum Gasteiger partial charge on any atom is -0.481 e. The summed E-state index contributed by atoms with van der Waals surface area (Å²) in [6.07, 6.45) is -1.52. The summed E-state index contributed by atoms with van der Waals surface area (Å²) in [5, 5.41) is 21.2. The number of carbonyl (C=O) groups excluding carboxylic acids is 1. The number of nitrogens with one attached hydrogen (secondary N) is 1. The number of halogens is 1. The van der Waals surface area contributed by atoms with Crippen LogP contribution in [0.25, 0.3) is 0 Å². The lowest BCUT2D eigenvalue weighted by atomic mass is 9.70. The van der Waals surface area contributed by atoms with Gasteiger partial charge in [0, 0.05) is 13.5 Å². The van der Waals surface area contributed by atoms with E-state index in [0.717, 1.165) is 6.42 Å². The monoisotopic (exact) mass is 279 g/mol. The Bertz CT molecular complexity index is 337. The topological polar surface area (TPSA) is 95.9 Å². The lowest BCUT2D eigenvalue weighted by Crippen LogP contribution is -2.76. The first-order valence-electron chi connectivity index (χ1n) is 5.80. The van der Waals surface area contributed by atoms with Crippen LogP contribution < -0.4 is 5.32 Å². The van der Waals surface area contributed by atoms with Crippen LogP contribution in [-0.2, 0) is 14.3 Å². The number of carboxylic acids is 1. The zero-order valence-electron chi connectivity index (χ0n) is 10.4. The molecule has 18 heavy (non-hydrogen) atoms. The van der Waals surface area contributed by atoms with Gasteiger partial charge >= 0.3 is 5.97 Å². The molecule has 0 spiro atoms. The third-order valence-corrected chi connectivity index (χ3v) is 3.50. The summed E-state index contributed by atoms with van der Waals surface area (Å²) in [7, 11) is 0. The minimum absolute atomic E-state index is 0.321. The molecule has 7 heteroatoms. The second-order valence-corrected chi connectivity index (χ2v) is 5.16. The first-order chi connectivity index (χ1) is 8.32. The average Bonchev–Trinajstić information content (AvgIpc) is 2.26. The standard InChI is InChI=1S/C11H18ClNO5/c1-3-4-18-10-8(13-6(2)14)9(17)11(10,12)5-7(15)16/h8-10,17H,3-5H2,1-2H3,(H,13,14)(H,15,16)/t8-,9+,10+,11-/m1/s1. The number of hydrogen-bond acceptors (Lipinski definition) is 4. The highest BCUT2D eigenvalue weighted by atomic mass is 35.5. The quantitative estimate of drug-likeness (QED) is 0.600. The first kappa shape index (κ1) is 15.2. The van der Waals surface area contributed by atoms with E-state index in [1.54, 1.807) is 0 Å². The van der Waals surface area contributed by atoms with E-state index in [4.69, 9.17) is 21.4 Å².